The van der Waals surface area contributed by atoms with Crippen molar-refractivity contribution >= 4 is 28.6 Å². The van der Waals surface area contributed by atoms with E-state index >= 15 is 0 Å². The van der Waals surface area contributed by atoms with Crippen LogP contribution in [0.15, 0.2) is 59.6 Å². The Morgan fingerprint density at radius 1 is 1.00 bits per heavy atom. The minimum Gasteiger partial charge on any atom is -0.349 e. The SMILES string of the molecule is CC(Sc1nc(C(F)(F)F)nc2ccccc12)C(=O)NC(C)c1ccccc1. The normalized spacial score (nSPS) is 13.9. The summed E-state index contributed by atoms with van der Waals surface area (Å²) in [7, 11) is 0. The van der Waals surface area contributed by atoms with Crippen molar-refractivity contribution in [1.82, 2.24) is 15.3 Å². The van der Waals surface area contributed by atoms with Crippen LogP contribution >= 0.6 is 11.8 Å². The summed E-state index contributed by atoms with van der Waals surface area (Å²) in [6.07, 6.45) is -4.66. The summed E-state index contributed by atoms with van der Waals surface area (Å²) >= 11 is 0.985. The number of rotatable bonds is 5. The van der Waals surface area contributed by atoms with Crippen LogP contribution in [0.5, 0.6) is 0 Å². The second-order valence-electron chi connectivity index (χ2n) is 6.27. The first-order valence-electron chi connectivity index (χ1n) is 8.61. The van der Waals surface area contributed by atoms with Gasteiger partial charge in [-0.1, -0.05) is 60.3 Å². The van der Waals surface area contributed by atoms with Gasteiger partial charge in [-0.3, -0.25) is 4.79 Å². The summed E-state index contributed by atoms with van der Waals surface area (Å²) in [5.41, 5.74) is 1.14. The van der Waals surface area contributed by atoms with Crippen LogP contribution in [0.2, 0.25) is 0 Å². The predicted molar refractivity (Wildman–Crippen MR) is 103 cm³/mol. The predicted octanol–water partition coefficient (Wildman–Crippen LogP) is 5.01. The summed E-state index contributed by atoms with van der Waals surface area (Å²) in [6.45, 7) is 3.49. The number of carbonyl (C=O) groups excluding carboxylic acids is 1. The van der Waals surface area contributed by atoms with Crippen molar-refractivity contribution < 1.29 is 18.0 Å². The smallest absolute Gasteiger partial charge is 0.349 e. The minimum absolute atomic E-state index is 0.132. The van der Waals surface area contributed by atoms with Crippen LogP contribution in [0.25, 0.3) is 10.9 Å². The molecule has 0 aliphatic carbocycles. The van der Waals surface area contributed by atoms with E-state index in [9.17, 15) is 18.0 Å². The van der Waals surface area contributed by atoms with Gasteiger partial charge in [-0.2, -0.15) is 13.2 Å². The molecule has 1 heterocycles. The quantitative estimate of drug-likeness (QED) is 0.479. The second kappa shape index (κ2) is 8.18. The zero-order chi connectivity index (χ0) is 20.3. The van der Waals surface area contributed by atoms with E-state index in [1.165, 1.54) is 6.07 Å². The van der Waals surface area contributed by atoms with Gasteiger partial charge in [0.25, 0.3) is 0 Å². The van der Waals surface area contributed by atoms with Crippen LogP contribution in [0, 0.1) is 0 Å². The van der Waals surface area contributed by atoms with E-state index in [0.29, 0.717) is 5.39 Å². The highest BCUT2D eigenvalue weighted by Gasteiger charge is 2.36. The van der Waals surface area contributed by atoms with Crippen molar-refractivity contribution in [1.29, 1.82) is 0 Å². The molecule has 2 aromatic carbocycles. The fraction of sp³-hybridized carbons (Fsp3) is 0.250. The number of alkyl halides is 3. The fourth-order valence-corrected chi connectivity index (χ4v) is 3.59. The Balaban J connectivity index is 1.82. The number of benzene rings is 2. The van der Waals surface area contributed by atoms with E-state index in [-0.39, 0.29) is 22.5 Å². The van der Waals surface area contributed by atoms with Crippen LogP contribution in [0.3, 0.4) is 0 Å². The number of carbonyl (C=O) groups is 1. The molecule has 0 saturated carbocycles. The van der Waals surface area contributed by atoms with Crippen LogP contribution in [-0.4, -0.2) is 21.1 Å². The Kier molecular flexibility index (Phi) is 5.88. The highest BCUT2D eigenvalue weighted by molar-refractivity contribution is 8.00. The number of aromatic nitrogens is 2. The molecule has 8 heteroatoms. The Labute approximate surface area is 164 Å². The van der Waals surface area contributed by atoms with E-state index in [4.69, 9.17) is 0 Å². The van der Waals surface area contributed by atoms with Crippen molar-refractivity contribution in [2.24, 2.45) is 0 Å². The molecule has 0 spiro atoms. The molecule has 0 aliphatic heterocycles. The summed E-state index contributed by atoms with van der Waals surface area (Å²) in [4.78, 5) is 19.8. The Morgan fingerprint density at radius 3 is 2.32 bits per heavy atom. The lowest BCUT2D eigenvalue weighted by molar-refractivity contribution is -0.145. The van der Waals surface area contributed by atoms with Gasteiger partial charge in [0.15, 0.2) is 0 Å². The van der Waals surface area contributed by atoms with Crippen molar-refractivity contribution in [3.8, 4) is 0 Å². The molecule has 0 aliphatic rings. The molecule has 3 aromatic rings. The molecule has 2 atom stereocenters. The number of hydrogen-bond acceptors (Lipinski definition) is 4. The molecular weight excluding hydrogens is 387 g/mol. The second-order valence-corrected chi connectivity index (χ2v) is 7.60. The van der Waals surface area contributed by atoms with E-state index in [2.05, 4.69) is 15.3 Å². The summed E-state index contributed by atoms with van der Waals surface area (Å²) < 4.78 is 39.4. The maximum Gasteiger partial charge on any atom is 0.451 e. The molecule has 0 saturated heterocycles. The first-order chi connectivity index (χ1) is 13.3. The zero-order valence-electron chi connectivity index (χ0n) is 15.2. The molecule has 0 radical (unpaired) electrons. The van der Waals surface area contributed by atoms with Gasteiger partial charge in [-0.15, -0.1) is 0 Å². The number of nitrogens with zero attached hydrogens (tertiary/aromatic N) is 2. The molecule has 146 valence electrons. The number of fused-ring (bicyclic) bond motifs is 1. The Morgan fingerprint density at radius 2 is 1.64 bits per heavy atom. The number of nitrogens with one attached hydrogen (secondary N) is 1. The van der Waals surface area contributed by atoms with E-state index < -0.39 is 17.3 Å². The topological polar surface area (TPSA) is 54.9 Å². The fourth-order valence-electron chi connectivity index (χ4n) is 2.64. The molecule has 3 rings (SSSR count). The average molecular weight is 405 g/mol. The van der Waals surface area contributed by atoms with E-state index in [1.807, 2.05) is 37.3 Å². The Hall–Kier alpha value is -2.61. The van der Waals surface area contributed by atoms with Gasteiger partial charge >= 0.3 is 6.18 Å². The lowest BCUT2D eigenvalue weighted by Gasteiger charge is -2.18. The molecule has 1 amide bonds. The number of amides is 1. The first kappa shape index (κ1) is 20.1. The Bertz CT molecular complexity index is 979. The zero-order valence-corrected chi connectivity index (χ0v) is 16.0. The standard InChI is InChI=1S/C20H18F3N3OS/c1-12(14-8-4-3-5-9-14)24-17(27)13(2)28-18-15-10-6-7-11-16(15)25-19(26-18)20(21,22)23/h3-13H,1-2H3,(H,24,27). The maximum absolute atomic E-state index is 13.1. The molecule has 2 unspecified atom stereocenters. The maximum atomic E-state index is 13.1. The molecule has 0 fully saturated rings. The lowest BCUT2D eigenvalue weighted by Crippen LogP contribution is -2.33. The van der Waals surface area contributed by atoms with Crippen molar-refractivity contribution in [3.05, 3.63) is 66.0 Å². The van der Waals surface area contributed by atoms with Crippen LogP contribution in [0.1, 0.15) is 31.3 Å². The average Bonchev–Trinajstić information content (AvgIpc) is 2.67. The van der Waals surface area contributed by atoms with E-state index in [0.717, 1.165) is 17.3 Å². The highest BCUT2D eigenvalue weighted by Crippen LogP contribution is 2.33. The monoisotopic (exact) mass is 405 g/mol. The molecular formula is C20H18F3N3OS. The van der Waals surface area contributed by atoms with Gasteiger partial charge < -0.3 is 5.32 Å². The summed E-state index contributed by atoms with van der Waals surface area (Å²) in [5, 5.41) is 2.86. The van der Waals surface area contributed by atoms with Gasteiger partial charge in [-0.05, 0) is 25.5 Å². The molecule has 28 heavy (non-hydrogen) atoms. The van der Waals surface area contributed by atoms with Gasteiger partial charge in [0, 0.05) is 5.39 Å². The third kappa shape index (κ3) is 4.62. The minimum atomic E-state index is -4.66. The van der Waals surface area contributed by atoms with Crippen molar-refractivity contribution in [3.63, 3.8) is 0 Å². The molecule has 1 aromatic heterocycles. The third-order valence-electron chi connectivity index (χ3n) is 4.14. The van der Waals surface area contributed by atoms with Crippen LogP contribution < -0.4 is 5.32 Å². The van der Waals surface area contributed by atoms with Crippen LogP contribution in [0.4, 0.5) is 13.2 Å². The van der Waals surface area contributed by atoms with Gasteiger partial charge in [0.1, 0.15) is 5.03 Å². The lowest BCUT2D eigenvalue weighted by atomic mass is 10.1. The van der Waals surface area contributed by atoms with Crippen LogP contribution in [-0.2, 0) is 11.0 Å². The molecule has 4 nitrogen and oxygen atoms in total. The number of thioether (sulfide) groups is 1. The summed E-state index contributed by atoms with van der Waals surface area (Å²) in [5.74, 6) is -1.49. The highest BCUT2D eigenvalue weighted by atomic mass is 32.2. The van der Waals surface area contributed by atoms with Crippen molar-refractivity contribution in [2.45, 2.75) is 36.3 Å². The number of hydrogen-bond donors (Lipinski definition) is 1. The third-order valence-corrected chi connectivity index (χ3v) is 5.24. The molecule has 1 N–H and O–H groups in total. The van der Waals surface area contributed by atoms with Gasteiger partial charge in [-0.25, -0.2) is 9.97 Å². The molecule has 0 bridgehead atoms. The largest absolute Gasteiger partial charge is 0.451 e. The van der Waals surface area contributed by atoms with Gasteiger partial charge in [0.2, 0.25) is 11.7 Å². The number of para-hydroxylation sites is 1. The van der Waals surface area contributed by atoms with Crippen molar-refractivity contribution in [2.75, 3.05) is 0 Å². The summed E-state index contributed by atoms with van der Waals surface area (Å²) in [6, 6.07) is 15.7. The first-order valence-corrected chi connectivity index (χ1v) is 9.49. The number of halogens is 3. The van der Waals surface area contributed by atoms with Gasteiger partial charge in [0.05, 0.1) is 16.8 Å². The van der Waals surface area contributed by atoms with E-state index in [1.54, 1.807) is 25.1 Å².